The van der Waals surface area contributed by atoms with E-state index in [4.69, 9.17) is 11.6 Å². The van der Waals surface area contributed by atoms with Crippen molar-refractivity contribution in [2.75, 3.05) is 0 Å². The number of fused-ring (bicyclic) bond motifs is 5. The number of aryl methyl sites for hydroxylation is 1. The van der Waals surface area contributed by atoms with Crippen LogP contribution in [-0.4, -0.2) is 6.04 Å². The van der Waals surface area contributed by atoms with Crippen molar-refractivity contribution in [3.63, 3.8) is 0 Å². The Balaban J connectivity index is 1.40. The Morgan fingerprint density at radius 3 is 2.61 bits per heavy atom. The third-order valence-corrected chi connectivity index (χ3v) is 5.80. The zero-order chi connectivity index (χ0) is 12.3. The normalized spacial score (nSPS) is 40.0. The van der Waals surface area contributed by atoms with Crippen LogP contribution in [0.2, 0.25) is 5.02 Å². The number of halogens is 1. The van der Waals surface area contributed by atoms with Gasteiger partial charge in [0.1, 0.15) is 0 Å². The zero-order valence-electron chi connectivity index (χ0n) is 10.8. The van der Waals surface area contributed by atoms with Gasteiger partial charge in [0.2, 0.25) is 0 Å². The van der Waals surface area contributed by atoms with Gasteiger partial charge in [-0.25, -0.2) is 0 Å². The van der Waals surface area contributed by atoms with Crippen molar-refractivity contribution in [2.45, 2.75) is 38.8 Å². The molecule has 3 fully saturated rings. The van der Waals surface area contributed by atoms with Crippen molar-refractivity contribution in [1.29, 1.82) is 0 Å². The topological polar surface area (TPSA) is 12.0 Å². The highest BCUT2D eigenvalue weighted by molar-refractivity contribution is 6.30. The predicted octanol–water partition coefficient (Wildman–Crippen LogP) is 3.78. The molecule has 1 nitrogen and oxygen atoms in total. The van der Waals surface area contributed by atoms with Crippen LogP contribution >= 0.6 is 11.6 Å². The highest BCUT2D eigenvalue weighted by Gasteiger charge is 2.64. The van der Waals surface area contributed by atoms with Crippen molar-refractivity contribution in [1.82, 2.24) is 5.32 Å². The molecule has 1 aromatic rings. The number of rotatable bonds is 3. The smallest absolute Gasteiger partial charge is 0.0408 e. The minimum absolute atomic E-state index is 0.825. The van der Waals surface area contributed by atoms with Crippen LogP contribution < -0.4 is 5.32 Å². The van der Waals surface area contributed by atoms with Crippen LogP contribution in [0.3, 0.4) is 0 Å². The van der Waals surface area contributed by atoms with E-state index in [1.54, 1.807) is 0 Å². The second-order valence-electron chi connectivity index (χ2n) is 6.47. The molecule has 2 heteroatoms. The molecule has 0 radical (unpaired) electrons. The molecule has 0 aliphatic heterocycles. The summed E-state index contributed by atoms with van der Waals surface area (Å²) in [5.74, 6) is 4.17. The molecule has 4 atom stereocenters. The molecule has 18 heavy (non-hydrogen) atoms. The molecule has 2 bridgehead atoms. The molecule has 0 amide bonds. The molecule has 1 aromatic carbocycles. The first-order chi connectivity index (χ1) is 8.74. The molecule has 0 saturated heterocycles. The van der Waals surface area contributed by atoms with E-state index in [-0.39, 0.29) is 0 Å². The van der Waals surface area contributed by atoms with Crippen molar-refractivity contribution >= 4 is 11.6 Å². The van der Waals surface area contributed by atoms with Crippen molar-refractivity contribution in [2.24, 2.45) is 23.7 Å². The molecular formula is C16H20ClN. The monoisotopic (exact) mass is 261 g/mol. The number of hydrogen-bond acceptors (Lipinski definition) is 1. The Bertz CT molecular complexity index is 468. The highest BCUT2D eigenvalue weighted by Crippen LogP contribution is 2.65. The average Bonchev–Trinajstić information content (AvgIpc) is 2.75. The molecule has 4 rings (SSSR count). The van der Waals surface area contributed by atoms with E-state index >= 15 is 0 Å². The summed E-state index contributed by atoms with van der Waals surface area (Å²) in [7, 11) is 0. The van der Waals surface area contributed by atoms with E-state index in [2.05, 4.69) is 24.4 Å². The molecule has 0 heterocycles. The average molecular weight is 262 g/mol. The van der Waals surface area contributed by atoms with Gasteiger partial charge >= 0.3 is 0 Å². The van der Waals surface area contributed by atoms with E-state index in [0.29, 0.717) is 0 Å². The molecule has 0 aromatic heterocycles. The van der Waals surface area contributed by atoms with Crippen LogP contribution in [0.15, 0.2) is 18.2 Å². The van der Waals surface area contributed by atoms with Gasteiger partial charge in [-0.2, -0.15) is 0 Å². The summed E-state index contributed by atoms with van der Waals surface area (Å²) in [5, 5.41) is 4.64. The van der Waals surface area contributed by atoms with E-state index in [1.807, 2.05) is 6.07 Å². The van der Waals surface area contributed by atoms with Crippen LogP contribution in [0.25, 0.3) is 0 Å². The van der Waals surface area contributed by atoms with E-state index in [0.717, 1.165) is 41.3 Å². The van der Waals surface area contributed by atoms with Crippen molar-refractivity contribution in [3.8, 4) is 0 Å². The molecule has 3 saturated carbocycles. The molecular weight excluding hydrogens is 242 g/mol. The lowest BCUT2D eigenvalue weighted by atomic mass is 10.0. The fourth-order valence-corrected chi connectivity index (χ4v) is 4.91. The standard InChI is InChI=1S/C16H20ClN/c1-9-6-13(17)5-4-12(9)8-18-16-14-10-2-3-11(7-10)15(14)16/h4-6,10-11,14-16,18H,2-3,7-8H2,1H3. The Hall–Kier alpha value is -0.530. The predicted molar refractivity (Wildman–Crippen MR) is 74.6 cm³/mol. The summed E-state index contributed by atoms with van der Waals surface area (Å²) in [5.41, 5.74) is 2.71. The fraction of sp³-hybridized carbons (Fsp3) is 0.625. The van der Waals surface area contributed by atoms with Gasteiger partial charge in [-0.3, -0.25) is 0 Å². The van der Waals surface area contributed by atoms with Gasteiger partial charge in [-0.15, -0.1) is 0 Å². The highest BCUT2D eigenvalue weighted by atomic mass is 35.5. The molecule has 4 unspecified atom stereocenters. The first-order valence-corrected chi connectivity index (χ1v) is 7.60. The van der Waals surface area contributed by atoms with Crippen LogP contribution in [0, 0.1) is 30.6 Å². The second kappa shape index (κ2) is 3.98. The minimum Gasteiger partial charge on any atom is -0.309 e. The Morgan fingerprint density at radius 1 is 1.22 bits per heavy atom. The summed E-state index contributed by atoms with van der Waals surface area (Å²) in [6.07, 6.45) is 4.54. The fourth-order valence-electron chi connectivity index (χ4n) is 4.68. The lowest BCUT2D eigenvalue weighted by Crippen LogP contribution is -2.22. The van der Waals surface area contributed by atoms with Gasteiger partial charge in [0, 0.05) is 17.6 Å². The lowest BCUT2D eigenvalue weighted by Gasteiger charge is -2.12. The van der Waals surface area contributed by atoms with E-state index in [9.17, 15) is 0 Å². The van der Waals surface area contributed by atoms with Gasteiger partial charge in [0.05, 0.1) is 0 Å². The maximum atomic E-state index is 6.00. The van der Waals surface area contributed by atoms with Crippen LogP contribution in [0.4, 0.5) is 0 Å². The first-order valence-electron chi connectivity index (χ1n) is 7.22. The molecule has 3 aliphatic carbocycles. The quantitative estimate of drug-likeness (QED) is 0.873. The molecule has 1 N–H and O–H groups in total. The van der Waals surface area contributed by atoms with Crippen molar-refractivity contribution in [3.05, 3.63) is 34.3 Å². The third-order valence-electron chi connectivity index (χ3n) is 5.57. The summed E-state index contributed by atoms with van der Waals surface area (Å²) in [6.45, 7) is 3.17. The second-order valence-corrected chi connectivity index (χ2v) is 6.90. The maximum absolute atomic E-state index is 6.00. The zero-order valence-corrected chi connectivity index (χ0v) is 11.6. The minimum atomic E-state index is 0.825. The van der Waals surface area contributed by atoms with Crippen molar-refractivity contribution < 1.29 is 0 Å². The largest absolute Gasteiger partial charge is 0.309 e. The van der Waals surface area contributed by atoms with Crippen LogP contribution in [0.1, 0.15) is 30.4 Å². The Morgan fingerprint density at radius 2 is 1.94 bits per heavy atom. The summed E-state index contributed by atoms with van der Waals surface area (Å²) < 4.78 is 0. The third kappa shape index (κ3) is 1.64. The van der Waals surface area contributed by atoms with Gasteiger partial charge in [-0.1, -0.05) is 17.7 Å². The van der Waals surface area contributed by atoms with Crippen LogP contribution in [-0.2, 0) is 6.54 Å². The summed E-state index contributed by atoms with van der Waals surface area (Å²) >= 11 is 6.00. The number of benzene rings is 1. The van der Waals surface area contributed by atoms with E-state index in [1.165, 1.54) is 30.4 Å². The maximum Gasteiger partial charge on any atom is 0.0408 e. The summed E-state index contributed by atoms with van der Waals surface area (Å²) in [4.78, 5) is 0. The van der Waals surface area contributed by atoms with Gasteiger partial charge < -0.3 is 5.32 Å². The number of hydrogen-bond donors (Lipinski definition) is 1. The first kappa shape index (κ1) is 11.3. The summed E-state index contributed by atoms with van der Waals surface area (Å²) in [6, 6.07) is 7.06. The molecule has 96 valence electrons. The van der Waals surface area contributed by atoms with Gasteiger partial charge in [0.15, 0.2) is 0 Å². The Kier molecular flexibility index (Phi) is 2.50. The molecule has 0 spiro atoms. The number of nitrogens with one attached hydrogen (secondary N) is 1. The van der Waals surface area contributed by atoms with Gasteiger partial charge in [0.25, 0.3) is 0 Å². The SMILES string of the molecule is Cc1cc(Cl)ccc1CNC1C2C3CCC(C3)C12. The van der Waals surface area contributed by atoms with Gasteiger partial charge in [-0.05, 0) is 73.1 Å². The lowest BCUT2D eigenvalue weighted by molar-refractivity contribution is 0.456. The van der Waals surface area contributed by atoms with Crippen LogP contribution in [0.5, 0.6) is 0 Å². The van der Waals surface area contributed by atoms with E-state index < -0.39 is 0 Å². The Labute approximate surface area is 114 Å². The molecule has 3 aliphatic rings.